The van der Waals surface area contributed by atoms with Crippen molar-refractivity contribution in [3.05, 3.63) is 101 Å². The Hall–Kier alpha value is -3.60. The van der Waals surface area contributed by atoms with Gasteiger partial charge in [-0.2, -0.15) is 0 Å². The van der Waals surface area contributed by atoms with Gasteiger partial charge in [-0.25, -0.2) is 0 Å². The van der Waals surface area contributed by atoms with E-state index in [1.54, 1.807) is 0 Å². The number of carboxylic acid groups (broad SMARTS) is 1. The summed E-state index contributed by atoms with van der Waals surface area (Å²) in [4.78, 5) is 24.7. The Balaban J connectivity index is 1.89. The third-order valence-electron chi connectivity index (χ3n) is 5.73. The van der Waals surface area contributed by atoms with Crippen molar-refractivity contribution >= 4 is 11.9 Å². The number of hydrogen-bond acceptors (Lipinski definition) is 3. The molecule has 2 atom stereocenters. The molecule has 0 saturated carbocycles. The molecule has 0 aliphatic heterocycles. The molecular weight excluding hydrogens is 426 g/mol. The van der Waals surface area contributed by atoms with E-state index in [1.807, 2.05) is 85.8 Å². The minimum atomic E-state index is -0.891. The Labute approximate surface area is 201 Å². The van der Waals surface area contributed by atoms with E-state index in [-0.39, 0.29) is 30.9 Å². The highest BCUT2D eigenvalue weighted by atomic mass is 16.5. The Kier molecular flexibility index (Phi) is 8.86. The van der Waals surface area contributed by atoms with Crippen LogP contribution in [-0.2, 0) is 11.2 Å². The normalized spacial score (nSPS) is 12.7. The number of ether oxygens (including phenoxy) is 1. The molecule has 0 spiro atoms. The lowest BCUT2D eigenvalue weighted by Gasteiger charge is -2.23. The molecule has 2 N–H and O–H groups in total. The number of amides is 1. The van der Waals surface area contributed by atoms with Gasteiger partial charge >= 0.3 is 5.97 Å². The molecule has 5 heteroatoms. The first-order chi connectivity index (χ1) is 16.3. The fraction of sp³-hybridized carbons (Fsp3) is 0.310. The molecule has 0 aromatic heterocycles. The van der Waals surface area contributed by atoms with Gasteiger partial charge in [-0.15, -0.1) is 0 Å². The van der Waals surface area contributed by atoms with Gasteiger partial charge < -0.3 is 15.2 Å². The van der Waals surface area contributed by atoms with E-state index >= 15 is 0 Å². The number of carbonyl (C=O) groups is 2. The first-order valence-electron chi connectivity index (χ1n) is 11.8. The van der Waals surface area contributed by atoms with Crippen LogP contribution in [0.3, 0.4) is 0 Å². The molecule has 34 heavy (non-hydrogen) atoms. The molecule has 0 saturated heterocycles. The summed E-state index contributed by atoms with van der Waals surface area (Å²) >= 11 is 0. The van der Waals surface area contributed by atoms with Crippen molar-refractivity contribution in [2.45, 2.75) is 52.2 Å². The van der Waals surface area contributed by atoms with Crippen LogP contribution in [0.25, 0.3) is 0 Å². The average molecular weight is 460 g/mol. The van der Waals surface area contributed by atoms with Crippen molar-refractivity contribution in [3.63, 3.8) is 0 Å². The fourth-order valence-corrected chi connectivity index (χ4v) is 3.96. The fourth-order valence-electron chi connectivity index (χ4n) is 3.96. The van der Waals surface area contributed by atoms with Crippen LogP contribution in [0.5, 0.6) is 5.75 Å². The standard InChI is InChI=1S/C29H33NO4/c1-20(2)18-27(23-10-6-4-7-11-23)30-29(33)26-19-24(15-14-22(26)16-17-28(31)32)21(3)34-25-12-8-5-9-13-25/h4-15,19-21,27H,16-18H2,1-3H3,(H,30,33)(H,31,32). The maximum Gasteiger partial charge on any atom is 0.303 e. The second-order valence-electron chi connectivity index (χ2n) is 8.95. The number of para-hydroxylation sites is 1. The molecule has 0 radical (unpaired) electrons. The zero-order valence-corrected chi connectivity index (χ0v) is 20.0. The van der Waals surface area contributed by atoms with Crippen LogP contribution in [0.2, 0.25) is 0 Å². The molecule has 2 unspecified atom stereocenters. The topological polar surface area (TPSA) is 75.6 Å². The van der Waals surface area contributed by atoms with Crippen molar-refractivity contribution in [3.8, 4) is 5.75 Å². The maximum atomic E-state index is 13.5. The lowest BCUT2D eigenvalue weighted by molar-refractivity contribution is -0.136. The van der Waals surface area contributed by atoms with E-state index in [1.165, 1.54) is 0 Å². The van der Waals surface area contributed by atoms with E-state index in [9.17, 15) is 14.7 Å². The van der Waals surface area contributed by atoms with Gasteiger partial charge in [0.15, 0.2) is 0 Å². The van der Waals surface area contributed by atoms with Crippen LogP contribution in [0.4, 0.5) is 0 Å². The summed E-state index contributed by atoms with van der Waals surface area (Å²) in [5, 5.41) is 12.4. The second kappa shape index (κ2) is 12.0. The molecule has 0 bridgehead atoms. The van der Waals surface area contributed by atoms with Crippen LogP contribution < -0.4 is 10.1 Å². The third-order valence-corrected chi connectivity index (χ3v) is 5.73. The van der Waals surface area contributed by atoms with Gasteiger partial charge in [0, 0.05) is 12.0 Å². The molecule has 0 aliphatic rings. The Morgan fingerprint density at radius 2 is 1.53 bits per heavy atom. The van der Waals surface area contributed by atoms with Gasteiger partial charge in [-0.05, 0) is 60.6 Å². The number of nitrogens with one attached hydrogen (secondary N) is 1. The van der Waals surface area contributed by atoms with Gasteiger partial charge in [0.2, 0.25) is 0 Å². The monoisotopic (exact) mass is 459 g/mol. The minimum Gasteiger partial charge on any atom is -0.486 e. The molecule has 178 valence electrons. The highest BCUT2D eigenvalue weighted by molar-refractivity contribution is 5.96. The molecule has 1 amide bonds. The Morgan fingerprint density at radius 1 is 0.882 bits per heavy atom. The summed E-state index contributed by atoms with van der Waals surface area (Å²) in [7, 11) is 0. The predicted octanol–water partition coefficient (Wildman–Crippen LogP) is 6.36. The molecular formula is C29H33NO4. The van der Waals surface area contributed by atoms with Crippen molar-refractivity contribution in [2.75, 3.05) is 0 Å². The van der Waals surface area contributed by atoms with Crippen molar-refractivity contribution in [1.82, 2.24) is 5.32 Å². The molecule has 3 rings (SSSR count). The molecule has 3 aromatic rings. The van der Waals surface area contributed by atoms with Crippen molar-refractivity contribution in [1.29, 1.82) is 0 Å². The molecule has 0 fully saturated rings. The largest absolute Gasteiger partial charge is 0.486 e. The van der Waals surface area contributed by atoms with Crippen molar-refractivity contribution < 1.29 is 19.4 Å². The Bertz CT molecular complexity index is 1080. The molecule has 3 aromatic carbocycles. The first kappa shape index (κ1) is 25.0. The zero-order chi connectivity index (χ0) is 24.5. The smallest absolute Gasteiger partial charge is 0.303 e. The quantitative estimate of drug-likeness (QED) is 0.350. The molecule has 0 heterocycles. The van der Waals surface area contributed by atoms with Gasteiger partial charge in [0.05, 0.1) is 6.04 Å². The molecule has 0 aliphatic carbocycles. The average Bonchev–Trinajstić information content (AvgIpc) is 2.83. The SMILES string of the molecule is CC(C)CC(NC(=O)c1cc(C(C)Oc2ccccc2)ccc1CCC(=O)O)c1ccccc1. The van der Waals surface area contributed by atoms with Gasteiger partial charge in [0.25, 0.3) is 5.91 Å². The van der Waals surface area contributed by atoms with E-state index in [2.05, 4.69) is 19.2 Å². The number of carboxylic acids is 1. The van der Waals surface area contributed by atoms with Gasteiger partial charge in [-0.1, -0.05) is 74.5 Å². The number of hydrogen-bond donors (Lipinski definition) is 2. The highest BCUT2D eigenvalue weighted by Crippen LogP contribution is 2.26. The lowest BCUT2D eigenvalue weighted by atomic mass is 9.94. The number of rotatable bonds is 11. The summed E-state index contributed by atoms with van der Waals surface area (Å²) in [5.74, 6) is 0.0430. The van der Waals surface area contributed by atoms with E-state index in [0.717, 1.165) is 23.3 Å². The second-order valence-corrected chi connectivity index (χ2v) is 8.95. The number of aryl methyl sites for hydroxylation is 1. The maximum absolute atomic E-state index is 13.5. The summed E-state index contributed by atoms with van der Waals surface area (Å²) in [6, 6.07) is 24.9. The van der Waals surface area contributed by atoms with E-state index in [0.29, 0.717) is 17.0 Å². The number of benzene rings is 3. The van der Waals surface area contributed by atoms with Crippen LogP contribution in [-0.4, -0.2) is 17.0 Å². The first-order valence-corrected chi connectivity index (χ1v) is 11.8. The van der Waals surface area contributed by atoms with Crippen LogP contribution in [0.1, 0.15) is 72.8 Å². The van der Waals surface area contributed by atoms with Gasteiger partial charge in [0.1, 0.15) is 11.9 Å². The molecule has 5 nitrogen and oxygen atoms in total. The van der Waals surface area contributed by atoms with E-state index in [4.69, 9.17) is 4.74 Å². The minimum absolute atomic E-state index is 0.0379. The van der Waals surface area contributed by atoms with Crippen LogP contribution >= 0.6 is 0 Å². The third kappa shape index (κ3) is 7.20. The summed E-state index contributed by atoms with van der Waals surface area (Å²) in [6.07, 6.45) is 0.770. The van der Waals surface area contributed by atoms with E-state index < -0.39 is 5.97 Å². The zero-order valence-electron chi connectivity index (χ0n) is 20.0. The summed E-state index contributed by atoms with van der Waals surface area (Å²) < 4.78 is 6.05. The number of carbonyl (C=O) groups excluding carboxylic acids is 1. The highest BCUT2D eigenvalue weighted by Gasteiger charge is 2.21. The van der Waals surface area contributed by atoms with Crippen LogP contribution in [0.15, 0.2) is 78.9 Å². The Morgan fingerprint density at radius 3 is 2.15 bits per heavy atom. The summed E-state index contributed by atoms with van der Waals surface area (Å²) in [5.41, 5.74) is 3.11. The van der Waals surface area contributed by atoms with Gasteiger partial charge in [-0.3, -0.25) is 9.59 Å². The number of aliphatic carboxylic acids is 1. The lowest BCUT2D eigenvalue weighted by Crippen LogP contribution is -2.30. The van der Waals surface area contributed by atoms with Crippen LogP contribution in [0, 0.1) is 5.92 Å². The van der Waals surface area contributed by atoms with Crippen molar-refractivity contribution in [2.24, 2.45) is 5.92 Å². The predicted molar refractivity (Wildman–Crippen MR) is 134 cm³/mol. The summed E-state index contributed by atoms with van der Waals surface area (Å²) in [6.45, 7) is 6.19.